The van der Waals surface area contributed by atoms with E-state index in [9.17, 15) is 0 Å². The summed E-state index contributed by atoms with van der Waals surface area (Å²) in [5.41, 5.74) is 8.78. The Hall–Kier alpha value is -4.44. The second kappa shape index (κ2) is 15.1. The van der Waals surface area contributed by atoms with Crippen molar-refractivity contribution in [3.05, 3.63) is 177 Å². The van der Waals surface area contributed by atoms with Crippen LogP contribution in [0.15, 0.2) is 155 Å². The molecular formula is C50H38NS6+. The molecule has 10 aromatic rings. The predicted octanol–water partition coefficient (Wildman–Crippen LogP) is 16.0. The van der Waals surface area contributed by atoms with Crippen molar-refractivity contribution in [2.75, 3.05) is 13.1 Å². The van der Waals surface area contributed by atoms with E-state index < -0.39 is 0 Å². The molecule has 57 heavy (non-hydrogen) atoms. The van der Waals surface area contributed by atoms with Crippen LogP contribution in [-0.4, -0.2) is 17.6 Å². The topological polar surface area (TPSA) is 0 Å². The van der Waals surface area contributed by atoms with Gasteiger partial charge in [0.2, 0.25) is 0 Å². The van der Waals surface area contributed by atoms with E-state index in [1.807, 2.05) is 68.0 Å². The minimum Gasteiger partial charge on any atom is -0.316 e. The Labute approximate surface area is 357 Å². The fourth-order valence-electron chi connectivity index (χ4n) is 8.95. The molecule has 1 nitrogen and oxygen atoms in total. The summed E-state index contributed by atoms with van der Waals surface area (Å²) in [5.74, 6) is 0. The number of nitrogens with zero attached hydrogens (tertiary/aromatic N) is 1. The molecule has 0 radical (unpaired) electrons. The molecule has 0 amide bonds. The zero-order chi connectivity index (χ0) is 37.8. The van der Waals surface area contributed by atoms with Crippen LogP contribution >= 0.6 is 68.0 Å². The van der Waals surface area contributed by atoms with Crippen LogP contribution in [0.2, 0.25) is 0 Å². The molecule has 0 N–H and O–H groups in total. The van der Waals surface area contributed by atoms with Gasteiger partial charge in [-0.1, -0.05) is 97.1 Å². The number of fused-ring (bicyclic) bond motifs is 7. The molecule has 4 aromatic carbocycles. The number of benzene rings is 4. The molecule has 1 aliphatic heterocycles. The highest BCUT2D eigenvalue weighted by Gasteiger charge is 2.36. The van der Waals surface area contributed by atoms with Crippen molar-refractivity contribution in [2.24, 2.45) is 0 Å². The SMILES string of the molecule is c1csc(-c2cc(CC[N+]3(CCc4cc(-c5cccs5)sc4-c4cccs4)Cc4ccc5ccccc5c4-c4c(ccc5ccccc45)C3)c(-c3cccs3)s2)c1. The zero-order valence-electron chi connectivity index (χ0n) is 31.2. The first kappa shape index (κ1) is 35.7. The van der Waals surface area contributed by atoms with Gasteiger partial charge in [-0.25, -0.2) is 0 Å². The van der Waals surface area contributed by atoms with Gasteiger partial charge >= 0.3 is 0 Å². The smallest absolute Gasteiger partial charge is 0.105 e. The highest BCUT2D eigenvalue weighted by Crippen LogP contribution is 2.47. The Morgan fingerprint density at radius 1 is 0.404 bits per heavy atom. The summed E-state index contributed by atoms with van der Waals surface area (Å²) in [7, 11) is 0. The molecule has 0 spiro atoms. The lowest BCUT2D eigenvalue weighted by atomic mass is 9.88. The largest absolute Gasteiger partial charge is 0.316 e. The molecule has 278 valence electrons. The molecule has 0 unspecified atom stereocenters. The highest BCUT2D eigenvalue weighted by molar-refractivity contribution is 7.26. The van der Waals surface area contributed by atoms with Crippen molar-refractivity contribution in [3.63, 3.8) is 0 Å². The number of hydrogen-bond donors (Lipinski definition) is 0. The van der Waals surface area contributed by atoms with Gasteiger partial charge in [-0.05, 0) is 102 Å². The molecule has 1 aliphatic rings. The minimum atomic E-state index is 0.996. The lowest BCUT2D eigenvalue weighted by molar-refractivity contribution is -0.953. The number of quaternary nitrogens is 1. The van der Waals surface area contributed by atoms with Crippen molar-refractivity contribution < 1.29 is 4.48 Å². The van der Waals surface area contributed by atoms with Gasteiger partial charge in [-0.3, -0.25) is 0 Å². The number of rotatable bonds is 10. The van der Waals surface area contributed by atoms with E-state index in [0.717, 1.165) is 43.5 Å². The fraction of sp³-hybridized carbons (Fsp3) is 0.120. The minimum absolute atomic E-state index is 0.996. The van der Waals surface area contributed by atoms with Gasteiger partial charge in [0.15, 0.2) is 0 Å². The van der Waals surface area contributed by atoms with E-state index in [2.05, 4.69) is 155 Å². The van der Waals surface area contributed by atoms with Gasteiger partial charge < -0.3 is 4.48 Å². The normalized spacial score (nSPS) is 13.5. The lowest BCUT2D eigenvalue weighted by Gasteiger charge is -2.39. The van der Waals surface area contributed by atoms with Crippen LogP contribution in [0.1, 0.15) is 22.3 Å². The van der Waals surface area contributed by atoms with Gasteiger partial charge in [0, 0.05) is 63.0 Å². The molecule has 0 aliphatic carbocycles. The Balaban J connectivity index is 1.07. The monoisotopic (exact) mass is 844 g/mol. The van der Waals surface area contributed by atoms with E-state index in [1.165, 1.54) is 93.9 Å². The third-order valence-electron chi connectivity index (χ3n) is 11.6. The van der Waals surface area contributed by atoms with Crippen LogP contribution in [0.5, 0.6) is 0 Å². The predicted molar refractivity (Wildman–Crippen MR) is 254 cm³/mol. The standard InChI is InChI=1S/C50H38NS6/c1-3-11-39-33(9-1)17-19-37-31-51(32-38-20-18-34-10-2-4-12-40(34)48(38)47(37)39,23-21-35-29-45(41-13-5-25-52-41)56-49(35)43-15-7-27-54-43)24-22-36-30-46(42-14-6-26-53-42)57-50(36)44-16-8-28-55-44/h1-20,25-30H,21-24,31-32H2/q+1. The molecule has 11 rings (SSSR count). The summed E-state index contributed by atoms with van der Waals surface area (Å²) in [6.45, 7) is 4.12. The van der Waals surface area contributed by atoms with E-state index in [0.29, 0.717) is 0 Å². The van der Waals surface area contributed by atoms with Crippen LogP contribution in [0.25, 0.3) is 71.7 Å². The average molecular weight is 845 g/mol. The maximum Gasteiger partial charge on any atom is 0.105 e. The Kier molecular flexibility index (Phi) is 9.43. The van der Waals surface area contributed by atoms with Crippen LogP contribution in [-0.2, 0) is 25.9 Å². The second-order valence-electron chi connectivity index (χ2n) is 15.1. The Morgan fingerprint density at radius 3 is 1.25 bits per heavy atom. The van der Waals surface area contributed by atoms with Crippen molar-refractivity contribution in [1.82, 2.24) is 0 Å². The summed E-state index contributed by atoms with van der Waals surface area (Å²) in [6.07, 6.45) is 2.06. The highest BCUT2D eigenvalue weighted by atomic mass is 32.1. The van der Waals surface area contributed by atoms with Crippen molar-refractivity contribution in [2.45, 2.75) is 25.9 Å². The van der Waals surface area contributed by atoms with Crippen LogP contribution in [0, 0.1) is 0 Å². The van der Waals surface area contributed by atoms with Crippen LogP contribution in [0.3, 0.4) is 0 Å². The summed E-state index contributed by atoms with van der Waals surface area (Å²) < 4.78 is 0.999. The molecule has 0 saturated heterocycles. The molecule has 7 heterocycles. The van der Waals surface area contributed by atoms with E-state index in [1.54, 1.807) is 0 Å². The maximum absolute atomic E-state index is 2.52. The van der Waals surface area contributed by atoms with Crippen molar-refractivity contribution in [3.8, 4) is 50.1 Å². The van der Waals surface area contributed by atoms with E-state index >= 15 is 0 Å². The van der Waals surface area contributed by atoms with Gasteiger partial charge in [0.05, 0.1) is 13.1 Å². The average Bonchev–Trinajstić information content (AvgIpc) is 4.10. The van der Waals surface area contributed by atoms with Gasteiger partial charge in [0.1, 0.15) is 13.1 Å². The summed E-state index contributed by atoms with van der Waals surface area (Å²) in [5, 5.41) is 14.2. The summed E-state index contributed by atoms with van der Waals surface area (Å²) >= 11 is 11.4. The molecular weight excluding hydrogens is 807 g/mol. The molecule has 0 bridgehead atoms. The zero-order valence-corrected chi connectivity index (χ0v) is 36.0. The molecule has 0 saturated carbocycles. The first-order chi connectivity index (χ1) is 28.2. The molecule has 6 aromatic heterocycles. The van der Waals surface area contributed by atoms with Crippen LogP contribution < -0.4 is 0 Å². The third-order valence-corrected chi connectivity index (χ3v) is 18.2. The maximum atomic E-state index is 2.52. The van der Waals surface area contributed by atoms with Gasteiger partial charge in [-0.15, -0.1) is 68.0 Å². The fourth-order valence-corrected chi connectivity index (χ4v) is 14.8. The third kappa shape index (κ3) is 6.69. The quantitative estimate of drug-likeness (QED) is 0.120. The lowest BCUT2D eigenvalue weighted by Crippen LogP contribution is -2.49. The number of thiophene rings is 6. The van der Waals surface area contributed by atoms with Crippen molar-refractivity contribution >= 4 is 89.6 Å². The van der Waals surface area contributed by atoms with Crippen LogP contribution in [0.4, 0.5) is 0 Å². The van der Waals surface area contributed by atoms with E-state index in [-0.39, 0.29) is 0 Å². The Bertz CT molecular complexity index is 2760. The van der Waals surface area contributed by atoms with Gasteiger partial charge in [-0.2, -0.15) is 0 Å². The molecule has 7 heteroatoms. The number of hydrogen-bond acceptors (Lipinski definition) is 6. The summed E-state index contributed by atoms with van der Waals surface area (Å²) in [6, 6.07) is 50.8. The van der Waals surface area contributed by atoms with E-state index in [4.69, 9.17) is 0 Å². The van der Waals surface area contributed by atoms with Crippen molar-refractivity contribution in [1.29, 1.82) is 0 Å². The molecule has 0 fully saturated rings. The summed E-state index contributed by atoms with van der Waals surface area (Å²) in [4.78, 5) is 11.2. The second-order valence-corrected chi connectivity index (χ2v) is 21.0. The first-order valence-electron chi connectivity index (χ1n) is 19.5. The first-order valence-corrected chi connectivity index (χ1v) is 24.6. The van der Waals surface area contributed by atoms with Gasteiger partial charge in [0.25, 0.3) is 0 Å². The Morgan fingerprint density at radius 2 is 0.825 bits per heavy atom. The molecule has 0 atom stereocenters.